The van der Waals surface area contributed by atoms with Crippen LogP contribution in [-0.4, -0.2) is 45.8 Å². The summed E-state index contributed by atoms with van der Waals surface area (Å²) in [7, 11) is 3.01. The molecule has 6 heteroatoms. The largest absolute Gasteiger partial charge is 0.375 e. The van der Waals surface area contributed by atoms with Gasteiger partial charge in [-0.2, -0.15) is 0 Å². The third-order valence-electron chi connectivity index (χ3n) is 3.60. The van der Waals surface area contributed by atoms with E-state index in [1.165, 1.54) is 14.2 Å². The highest BCUT2D eigenvalue weighted by Crippen LogP contribution is 2.28. The number of hydrogen-bond donors (Lipinski definition) is 1. The predicted molar refractivity (Wildman–Crippen MR) is 82.7 cm³/mol. The number of hydrogen-bond acceptors (Lipinski definition) is 4. The van der Waals surface area contributed by atoms with Crippen LogP contribution in [-0.2, 0) is 32.0 Å². The fraction of sp³-hybridized carbons (Fsp3) is 0.500. The van der Waals surface area contributed by atoms with Crippen LogP contribution in [0.1, 0.15) is 17.5 Å². The zero-order valence-electron chi connectivity index (χ0n) is 13.1. The maximum Gasteiger partial charge on any atom is 0.252 e. The second kappa shape index (κ2) is 7.91. The van der Waals surface area contributed by atoms with Crippen molar-refractivity contribution in [2.45, 2.75) is 19.4 Å². The standard InChI is InChI=1S/C16H22N2O4/c1-21-10-15(19)17-9-12-5-6-14-13(8-12)4-3-7-18(14)16(20)11-22-2/h5-6,8H,3-4,7,9-11H2,1-2H3,(H,17,19). The van der Waals surface area contributed by atoms with Gasteiger partial charge in [-0.3, -0.25) is 9.59 Å². The van der Waals surface area contributed by atoms with Crippen molar-refractivity contribution < 1.29 is 19.1 Å². The molecule has 0 atom stereocenters. The quantitative estimate of drug-likeness (QED) is 0.847. The van der Waals surface area contributed by atoms with E-state index in [4.69, 9.17) is 9.47 Å². The van der Waals surface area contributed by atoms with Gasteiger partial charge in [0.25, 0.3) is 5.91 Å². The number of amides is 2. The van der Waals surface area contributed by atoms with Crippen LogP contribution < -0.4 is 10.2 Å². The van der Waals surface area contributed by atoms with Crippen molar-refractivity contribution >= 4 is 17.5 Å². The lowest BCUT2D eigenvalue weighted by Crippen LogP contribution is -2.37. The Morgan fingerprint density at radius 2 is 2.00 bits per heavy atom. The van der Waals surface area contributed by atoms with Crippen LogP contribution >= 0.6 is 0 Å². The van der Waals surface area contributed by atoms with Gasteiger partial charge in [-0.05, 0) is 30.0 Å². The molecule has 0 fully saturated rings. The van der Waals surface area contributed by atoms with Crippen LogP contribution in [0.15, 0.2) is 18.2 Å². The zero-order chi connectivity index (χ0) is 15.9. The number of ether oxygens (including phenoxy) is 2. The van der Waals surface area contributed by atoms with E-state index in [-0.39, 0.29) is 25.0 Å². The number of carbonyl (C=O) groups excluding carboxylic acids is 2. The lowest BCUT2D eigenvalue weighted by molar-refractivity contribution is -0.125. The highest BCUT2D eigenvalue weighted by molar-refractivity contribution is 5.95. The third-order valence-corrected chi connectivity index (χ3v) is 3.60. The van der Waals surface area contributed by atoms with E-state index in [0.717, 1.165) is 36.2 Å². The zero-order valence-corrected chi connectivity index (χ0v) is 13.1. The van der Waals surface area contributed by atoms with Crippen molar-refractivity contribution in [2.75, 3.05) is 38.9 Å². The molecule has 1 heterocycles. The average Bonchev–Trinajstić information content (AvgIpc) is 2.52. The summed E-state index contributed by atoms with van der Waals surface area (Å²) in [6.07, 6.45) is 1.87. The normalized spacial score (nSPS) is 13.6. The van der Waals surface area contributed by atoms with Gasteiger partial charge in [0.1, 0.15) is 13.2 Å². The number of anilines is 1. The summed E-state index contributed by atoms with van der Waals surface area (Å²) in [6, 6.07) is 5.93. The fourth-order valence-corrected chi connectivity index (χ4v) is 2.60. The highest BCUT2D eigenvalue weighted by Gasteiger charge is 2.22. The van der Waals surface area contributed by atoms with Gasteiger partial charge in [0, 0.05) is 33.0 Å². The first-order chi connectivity index (χ1) is 10.7. The monoisotopic (exact) mass is 306 g/mol. The first-order valence-corrected chi connectivity index (χ1v) is 7.32. The molecule has 1 aromatic carbocycles. The minimum absolute atomic E-state index is 0.0235. The number of methoxy groups -OCH3 is 2. The van der Waals surface area contributed by atoms with Crippen LogP contribution in [0, 0.1) is 0 Å². The van der Waals surface area contributed by atoms with E-state index in [1.54, 1.807) is 4.90 Å². The molecule has 2 amide bonds. The Bertz CT molecular complexity index is 545. The Balaban J connectivity index is 2.07. The van der Waals surface area contributed by atoms with Gasteiger partial charge < -0.3 is 19.7 Å². The number of nitrogens with zero attached hydrogens (tertiary/aromatic N) is 1. The number of fused-ring (bicyclic) bond motifs is 1. The minimum atomic E-state index is -0.142. The Morgan fingerprint density at radius 3 is 2.73 bits per heavy atom. The topological polar surface area (TPSA) is 67.9 Å². The Labute approximate surface area is 130 Å². The molecule has 0 radical (unpaired) electrons. The van der Waals surface area contributed by atoms with Gasteiger partial charge >= 0.3 is 0 Å². The Morgan fingerprint density at radius 1 is 1.23 bits per heavy atom. The number of nitrogens with one attached hydrogen (secondary N) is 1. The summed E-state index contributed by atoms with van der Waals surface area (Å²) in [5, 5.41) is 2.80. The molecule has 22 heavy (non-hydrogen) atoms. The lowest BCUT2D eigenvalue weighted by atomic mass is 9.99. The molecule has 0 spiro atoms. The molecule has 0 bridgehead atoms. The van der Waals surface area contributed by atoms with Crippen LogP contribution in [0.2, 0.25) is 0 Å². The maximum atomic E-state index is 12.1. The van der Waals surface area contributed by atoms with Crippen LogP contribution in [0.25, 0.3) is 0 Å². The predicted octanol–water partition coefficient (Wildman–Crippen LogP) is 0.875. The molecule has 120 valence electrons. The van der Waals surface area contributed by atoms with Gasteiger partial charge in [0.15, 0.2) is 0 Å². The van der Waals surface area contributed by atoms with Crippen molar-refractivity contribution in [1.82, 2.24) is 5.32 Å². The van der Waals surface area contributed by atoms with Gasteiger partial charge in [-0.25, -0.2) is 0 Å². The second-order valence-corrected chi connectivity index (χ2v) is 5.25. The highest BCUT2D eigenvalue weighted by atomic mass is 16.5. The SMILES string of the molecule is COCC(=O)NCc1ccc2c(c1)CCCN2C(=O)COC. The summed E-state index contributed by atoms with van der Waals surface area (Å²) in [5.41, 5.74) is 3.10. The van der Waals surface area contributed by atoms with E-state index in [1.807, 2.05) is 12.1 Å². The molecule has 0 aliphatic carbocycles. The van der Waals surface area contributed by atoms with Crippen molar-refractivity contribution in [3.05, 3.63) is 29.3 Å². The molecule has 0 saturated carbocycles. The van der Waals surface area contributed by atoms with Crippen LogP contribution in [0.3, 0.4) is 0 Å². The number of benzene rings is 1. The molecule has 1 N–H and O–H groups in total. The van der Waals surface area contributed by atoms with Crippen molar-refractivity contribution in [2.24, 2.45) is 0 Å². The van der Waals surface area contributed by atoms with Crippen molar-refractivity contribution in [3.63, 3.8) is 0 Å². The molecule has 2 rings (SSSR count). The van der Waals surface area contributed by atoms with E-state index in [0.29, 0.717) is 6.54 Å². The van der Waals surface area contributed by atoms with Crippen molar-refractivity contribution in [3.8, 4) is 0 Å². The fourth-order valence-electron chi connectivity index (χ4n) is 2.60. The molecule has 1 aliphatic heterocycles. The van der Waals surface area contributed by atoms with Gasteiger partial charge in [0.2, 0.25) is 5.91 Å². The first-order valence-electron chi connectivity index (χ1n) is 7.32. The Kier molecular flexibility index (Phi) is 5.91. The van der Waals surface area contributed by atoms with E-state index in [2.05, 4.69) is 11.4 Å². The number of rotatable bonds is 6. The van der Waals surface area contributed by atoms with E-state index in [9.17, 15) is 9.59 Å². The molecular formula is C16H22N2O4. The molecule has 0 saturated heterocycles. The molecular weight excluding hydrogens is 284 g/mol. The summed E-state index contributed by atoms with van der Waals surface area (Å²) in [4.78, 5) is 25.3. The van der Waals surface area contributed by atoms with Gasteiger partial charge in [-0.15, -0.1) is 0 Å². The van der Waals surface area contributed by atoms with E-state index < -0.39 is 0 Å². The van der Waals surface area contributed by atoms with Crippen LogP contribution in [0.5, 0.6) is 0 Å². The smallest absolute Gasteiger partial charge is 0.252 e. The molecule has 6 nitrogen and oxygen atoms in total. The van der Waals surface area contributed by atoms with E-state index >= 15 is 0 Å². The summed E-state index contributed by atoms with van der Waals surface area (Å²) in [5.74, 6) is -0.165. The van der Waals surface area contributed by atoms with Crippen molar-refractivity contribution in [1.29, 1.82) is 0 Å². The number of aryl methyl sites for hydroxylation is 1. The van der Waals surface area contributed by atoms with Gasteiger partial charge in [0.05, 0.1) is 0 Å². The van der Waals surface area contributed by atoms with Crippen LogP contribution in [0.4, 0.5) is 5.69 Å². The summed E-state index contributed by atoms with van der Waals surface area (Å²) in [6.45, 7) is 1.33. The van der Waals surface area contributed by atoms with Gasteiger partial charge in [-0.1, -0.05) is 12.1 Å². The third kappa shape index (κ3) is 4.05. The maximum absolute atomic E-state index is 12.1. The first kappa shape index (κ1) is 16.5. The molecule has 1 aliphatic rings. The minimum Gasteiger partial charge on any atom is -0.375 e. The molecule has 0 unspecified atom stereocenters. The molecule has 1 aromatic rings. The summed E-state index contributed by atoms with van der Waals surface area (Å²) >= 11 is 0. The Hall–Kier alpha value is -1.92. The lowest BCUT2D eigenvalue weighted by Gasteiger charge is -2.29. The second-order valence-electron chi connectivity index (χ2n) is 5.25. The number of carbonyl (C=O) groups is 2. The summed E-state index contributed by atoms with van der Waals surface area (Å²) < 4.78 is 9.71. The average molecular weight is 306 g/mol. The molecule has 0 aromatic heterocycles.